The Hall–Kier alpha value is -2.10. The SMILES string of the molecule is COC(=O)c1ccnn1CCCc1ccccc1. The second kappa shape index (κ2) is 6.00. The number of aryl methyl sites for hydroxylation is 2. The summed E-state index contributed by atoms with van der Waals surface area (Å²) in [5, 5.41) is 4.13. The van der Waals surface area contributed by atoms with Crippen LogP contribution in [-0.4, -0.2) is 22.9 Å². The third-order valence-electron chi connectivity index (χ3n) is 2.79. The van der Waals surface area contributed by atoms with Gasteiger partial charge in [-0.25, -0.2) is 4.79 Å². The van der Waals surface area contributed by atoms with Crippen molar-refractivity contribution in [1.29, 1.82) is 0 Å². The zero-order chi connectivity index (χ0) is 12.8. The number of benzene rings is 1. The Bertz CT molecular complexity index is 506. The molecule has 0 fully saturated rings. The molecule has 0 radical (unpaired) electrons. The molecule has 0 amide bonds. The van der Waals surface area contributed by atoms with E-state index in [1.807, 2.05) is 18.2 Å². The molecule has 1 aromatic carbocycles. The molecule has 0 saturated heterocycles. The van der Waals surface area contributed by atoms with E-state index in [0.29, 0.717) is 12.2 Å². The molecule has 0 atom stereocenters. The Balaban J connectivity index is 1.91. The van der Waals surface area contributed by atoms with Crippen molar-refractivity contribution in [2.45, 2.75) is 19.4 Å². The summed E-state index contributed by atoms with van der Waals surface area (Å²) in [5.74, 6) is -0.341. The first-order valence-electron chi connectivity index (χ1n) is 5.95. The van der Waals surface area contributed by atoms with Gasteiger partial charge >= 0.3 is 5.97 Å². The second-order valence-electron chi connectivity index (χ2n) is 4.02. The zero-order valence-electron chi connectivity index (χ0n) is 10.4. The van der Waals surface area contributed by atoms with Gasteiger partial charge in [-0.05, 0) is 24.5 Å². The van der Waals surface area contributed by atoms with Gasteiger partial charge in [0, 0.05) is 12.7 Å². The number of hydrogen-bond acceptors (Lipinski definition) is 3. The minimum Gasteiger partial charge on any atom is -0.464 e. The lowest BCUT2D eigenvalue weighted by atomic mass is 10.1. The summed E-state index contributed by atoms with van der Waals surface area (Å²) in [5.41, 5.74) is 1.80. The van der Waals surface area contributed by atoms with Crippen molar-refractivity contribution in [2.75, 3.05) is 7.11 Å². The molecule has 0 unspecified atom stereocenters. The molecular weight excluding hydrogens is 228 g/mol. The van der Waals surface area contributed by atoms with Gasteiger partial charge in [0.25, 0.3) is 0 Å². The van der Waals surface area contributed by atoms with Crippen LogP contribution in [0.1, 0.15) is 22.5 Å². The summed E-state index contributed by atoms with van der Waals surface area (Å²) < 4.78 is 6.39. The Labute approximate surface area is 106 Å². The maximum atomic E-state index is 11.4. The van der Waals surface area contributed by atoms with Crippen LogP contribution >= 0.6 is 0 Å². The van der Waals surface area contributed by atoms with Crippen molar-refractivity contribution < 1.29 is 9.53 Å². The summed E-state index contributed by atoms with van der Waals surface area (Å²) in [4.78, 5) is 11.4. The van der Waals surface area contributed by atoms with E-state index < -0.39 is 0 Å². The van der Waals surface area contributed by atoms with E-state index in [1.54, 1.807) is 16.9 Å². The molecule has 0 aliphatic carbocycles. The Kier molecular flexibility index (Phi) is 4.12. The van der Waals surface area contributed by atoms with Crippen LogP contribution in [0.3, 0.4) is 0 Å². The zero-order valence-corrected chi connectivity index (χ0v) is 10.4. The second-order valence-corrected chi connectivity index (χ2v) is 4.02. The fraction of sp³-hybridized carbons (Fsp3) is 0.286. The number of rotatable bonds is 5. The molecule has 2 rings (SSSR count). The summed E-state index contributed by atoms with van der Waals surface area (Å²) in [6, 6.07) is 11.9. The van der Waals surface area contributed by atoms with E-state index >= 15 is 0 Å². The monoisotopic (exact) mass is 244 g/mol. The number of hydrogen-bond donors (Lipinski definition) is 0. The third kappa shape index (κ3) is 2.97. The highest BCUT2D eigenvalue weighted by molar-refractivity contribution is 5.87. The number of carbonyl (C=O) groups is 1. The maximum Gasteiger partial charge on any atom is 0.356 e. The van der Waals surface area contributed by atoms with E-state index in [9.17, 15) is 4.79 Å². The van der Waals surface area contributed by atoms with Crippen LogP contribution in [0.5, 0.6) is 0 Å². The fourth-order valence-electron chi connectivity index (χ4n) is 1.87. The van der Waals surface area contributed by atoms with Gasteiger partial charge in [-0.3, -0.25) is 4.68 Å². The number of methoxy groups -OCH3 is 1. The molecule has 4 nitrogen and oxygen atoms in total. The quantitative estimate of drug-likeness (QED) is 0.758. The number of carbonyl (C=O) groups excluding carboxylic acids is 1. The minimum atomic E-state index is -0.341. The Morgan fingerprint density at radius 2 is 2.06 bits per heavy atom. The van der Waals surface area contributed by atoms with Gasteiger partial charge in [0.15, 0.2) is 0 Å². The van der Waals surface area contributed by atoms with Gasteiger partial charge in [-0.2, -0.15) is 5.10 Å². The molecule has 2 aromatic rings. The van der Waals surface area contributed by atoms with Crippen LogP contribution in [-0.2, 0) is 17.7 Å². The maximum absolute atomic E-state index is 11.4. The average molecular weight is 244 g/mol. The van der Waals surface area contributed by atoms with Gasteiger partial charge in [0.2, 0.25) is 0 Å². The van der Waals surface area contributed by atoms with Crippen molar-refractivity contribution in [1.82, 2.24) is 9.78 Å². The molecule has 18 heavy (non-hydrogen) atoms. The van der Waals surface area contributed by atoms with Crippen molar-refractivity contribution >= 4 is 5.97 Å². The number of ether oxygens (including phenoxy) is 1. The number of aromatic nitrogens is 2. The Morgan fingerprint density at radius 3 is 2.78 bits per heavy atom. The molecule has 0 bridgehead atoms. The van der Waals surface area contributed by atoms with Gasteiger partial charge in [-0.15, -0.1) is 0 Å². The van der Waals surface area contributed by atoms with Gasteiger partial charge < -0.3 is 4.74 Å². The lowest BCUT2D eigenvalue weighted by molar-refractivity contribution is 0.0586. The lowest BCUT2D eigenvalue weighted by Crippen LogP contribution is -2.12. The minimum absolute atomic E-state index is 0.341. The predicted molar refractivity (Wildman–Crippen MR) is 68.3 cm³/mol. The van der Waals surface area contributed by atoms with Crippen molar-refractivity contribution in [3.05, 3.63) is 53.9 Å². The van der Waals surface area contributed by atoms with Gasteiger partial charge in [0.1, 0.15) is 5.69 Å². The lowest BCUT2D eigenvalue weighted by Gasteiger charge is -2.06. The highest BCUT2D eigenvalue weighted by Crippen LogP contribution is 2.06. The first-order chi connectivity index (χ1) is 8.81. The molecule has 0 aliphatic rings. The van der Waals surface area contributed by atoms with Crippen LogP contribution in [0.15, 0.2) is 42.6 Å². The fourth-order valence-corrected chi connectivity index (χ4v) is 1.87. The van der Waals surface area contributed by atoms with E-state index in [0.717, 1.165) is 12.8 Å². The third-order valence-corrected chi connectivity index (χ3v) is 2.79. The molecule has 94 valence electrons. The predicted octanol–water partition coefficient (Wildman–Crippen LogP) is 2.30. The largest absolute Gasteiger partial charge is 0.464 e. The van der Waals surface area contributed by atoms with Crippen LogP contribution in [0, 0.1) is 0 Å². The highest BCUT2D eigenvalue weighted by Gasteiger charge is 2.11. The summed E-state index contributed by atoms with van der Waals surface area (Å²) >= 11 is 0. The molecule has 0 spiro atoms. The van der Waals surface area contributed by atoms with E-state index in [4.69, 9.17) is 4.74 Å². The Morgan fingerprint density at radius 1 is 1.28 bits per heavy atom. The number of nitrogens with zero attached hydrogens (tertiary/aromatic N) is 2. The van der Waals surface area contributed by atoms with E-state index in [1.165, 1.54) is 12.7 Å². The van der Waals surface area contributed by atoms with E-state index in [2.05, 4.69) is 17.2 Å². The topological polar surface area (TPSA) is 44.1 Å². The van der Waals surface area contributed by atoms with Crippen LogP contribution in [0.25, 0.3) is 0 Å². The number of esters is 1. The molecular formula is C14H16N2O2. The average Bonchev–Trinajstić information content (AvgIpc) is 2.87. The van der Waals surface area contributed by atoms with Crippen molar-refractivity contribution in [3.8, 4) is 0 Å². The standard InChI is InChI=1S/C14H16N2O2/c1-18-14(17)13-9-10-15-16(13)11-5-8-12-6-3-2-4-7-12/h2-4,6-7,9-10H,5,8,11H2,1H3. The van der Waals surface area contributed by atoms with Crippen LogP contribution in [0.4, 0.5) is 0 Å². The normalized spacial score (nSPS) is 10.3. The summed E-state index contributed by atoms with van der Waals surface area (Å²) in [6.45, 7) is 0.715. The van der Waals surface area contributed by atoms with Crippen molar-refractivity contribution in [3.63, 3.8) is 0 Å². The summed E-state index contributed by atoms with van der Waals surface area (Å²) in [7, 11) is 1.38. The van der Waals surface area contributed by atoms with Gasteiger partial charge in [0.05, 0.1) is 7.11 Å². The highest BCUT2D eigenvalue weighted by atomic mass is 16.5. The first kappa shape index (κ1) is 12.4. The van der Waals surface area contributed by atoms with E-state index in [-0.39, 0.29) is 5.97 Å². The van der Waals surface area contributed by atoms with Crippen LogP contribution < -0.4 is 0 Å². The molecule has 0 aliphatic heterocycles. The molecule has 0 N–H and O–H groups in total. The first-order valence-corrected chi connectivity index (χ1v) is 5.95. The molecule has 0 saturated carbocycles. The van der Waals surface area contributed by atoms with Gasteiger partial charge in [-0.1, -0.05) is 30.3 Å². The summed E-state index contributed by atoms with van der Waals surface area (Å²) in [6.07, 6.45) is 3.53. The van der Waals surface area contributed by atoms with Crippen molar-refractivity contribution in [2.24, 2.45) is 0 Å². The molecule has 1 heterocycles. The molecule has 1 aromatic heterocycles. The smallest absolute Gasteiger partial charge is 0.356 e. The molecule has 4 heteroatoms. The van der Waals surface area contributed by atoms with Crippen LogP contribution in [0.2, 0.25) is 0 Å².